The zero-order valence-electron chi connectivity index (χ0n) is 16.0. The Balaban J connectivity index is 1.82. The Morgan fingerprint density at radius 3 is 2.64 bits per heavy atom. The first-order chi connectivity index (χ1) is 13.5. The van der Waals surface area contributed by atoms with Crippen molar-refractivity contribution >= 4 is 38.4 Å². The van der Waals surface area contributed by atoms with Crippen LogP contribution < -0.4 is 10.5 Å². The molecule has 4 rings (SSSR count). The summed E-state index contributed by atoms with van der Waals surface area (Å²) in [6.07, 6.45) is 1.30. The molecule has 6 heteroatoms. The molecule has 0 unspecified atom stereocenters. The Labute approximate surface area is 172 Å². The van der Waals surface area contributed by atoms with Crippen LogP contribution in [0.2, 0.25) is 0 Å². The molecule has 2 aromatic carbocycles. The lowest BCUT2D eigenvalue weighted by atomic mass is 9.96. The lowest BCUT2D eigenvalue weighted by Crippen LogP contribution is -2.32. The van der Waals surface area contributed by atoms with Crippen LogP contribution in [0.3, 0.4) is 0 Å². The smallest absolute Gasteiger partial charge is 0.261 e. The van der Waals surface area contributed by atoms with E-state index in [0.29, 0.717) is 36.2 Å². The average molecular weight is 440 g/mol. The van der Waals surface area contributed by atoms with Gasteiger partial charge in [0.1, 0.15) is 5.82 Å². The standard InChI is InChI=1S/C22H22BrN3O2/c1-3-11-26-19-10-9-14(23)12-16(19)17(22(26)28)13-20-24-18-8-6-5-7-15(18)21(27)25(20)4-2/h5-10,12,17H,3-4,11,13H2,1-2H3/t17-/m1/s1. The number of benzene rings is 2. The van der Waals surface area contributed by atoms with E-state index in [9.17, 15) is 9.59 Å². The minimum atomic E-state index is -0.329. The number of hydrogen-bond donors (Lipinski definition) is 0. The quantitative estimate of drug-likeness (QED) is 0.596. The van der Waals surface area contributed by atoms with Crippen molar-refractivity contribution < 1.29 is 4.79 Å². The molecule has 1 aromatic heterocycles. The molecule has 1 aliphatic rings. The van der Waals surface area contributed by atoms with Gasteiger partial charge in [-0.2, -0.15) is 0 Å². The number of fused-ring (bicyclic) bond motifs is 2. The molecular weight excluding hydrogens is 418 g/mol. The van der Waals surface area contributed by atoms with Crippen LogP contribution in [0.4, 0.5) is 5.69 Å². The van der Waals surface area contributed by atoms with Gasteiger partial charge >= 0.3 is 0 Å². The predicted octanol–water partition coefficient (Wildman–Crippen LogP) is 4.26. The van der Waals surface area contributed by atoms with Crippen molar-refractivity contribution in [1.29, 1.82) is 0 Å². The summed E-state index contributed by atoms with van der Waals surface area (Å²) < 4.78 is 2.64. The van der Waals surface area contributed by atoms with Crippen LogP contribution in [0.15, 0.2) is 51.7 Å². The number of rotatable bonds is 5. The number of carbonyl (C=O) groups is 1. The Morgan fingerprint density at radius 1 is 1.11 bits per heavy atom. The highest BCUT2D eigenvalue weighted by atomic mass is 79.9. The predicted molar refractivity (Wildman–Crippen MR) is 115 cm³/mol. The van der Waals surface area contributed by atoms with Crippen molar-refractivity contribution in [3.05, 3.63) is 68.7 Å². The zero-order chi connectivity index (χ0) is 19.8. The summed E-state index contributed by atoms with van der Waals surface area (Å²) in [7, 11) is 0. The molecule has 0 N–H and O–H groups in total. The molecular formula is C22H22BrN3O2. The lowest BCUT2D eigenvalue weighted by Gasteiger charge is -2.17. The van der Waals surface area contributed by atoms with Gasteiger partial charge in [-0.15, -0.1) is 0 Å². The molecule has 1 atom stereocenters. The third-order valence-electron chi connectivity index (χ3n) is 5.31. The van der Waals surface area contributed by atoms with Crippen LogP contribution in [0.1, 0.15) is 37.6 Å². The molecule has 0 radical (unpaired) electrons. The number of halogens is 1. The zero-order valence-corrected chi connectivity index (χ0v) is 17.6. The molecule has 0 spiro atoms. The topological polar surface area (TPSA) is 55.2 Å². The van der Waals surface area contributed by atoms with E-state index >= 15 is 0 Å². The van der Waals surface area contributed by atoms with Crippen LogP contribution in [0.5, 0.6) is 0 Å². The lowest BCUT2D eigenvalue weighted by molar-refractivity contribution is -0.119. The van der Waals surface area contributed by atoms with Crippen LogP contribution >= 0.6 is 15.9 Å². The summed E-state index contributed by atoms with van der Waals surface area (Å²) in [5.41, 5.74) is 2.59. The van der Waals surface area contributed by atoms with Crippen molar-refractivity contribution in [2.45, 2.75) is 39.2 Å². The molecule has 3 aromatic rings. The van der Waals surface area contributed by atoms with E-state index in [-0.39, 0.29) is 17.4 Å². The van der Waals surface area contributed by atoms with Gasteiger partial charge in [0.25, 0.3) is 5.56 Å². The number of carbonyl (C=O) groups excluding carboxylic acids is 1. The minimum absolute atomic E-state index is 0.0478. The van der Waals surface area contributed by atoms with E-state index in [2.05, 4.69) is 22.9 Å². The fourth-order valence-corrected chi connectivity index (χ4v) is 4.40. The third kappa shape index (κ3) is 3.05. The van der Waals surface area contributed by atoms with Gasteiger partial charge < -0.3 is 4.90 Å². The average Bonchev–Trinajstić information content (AvgIpc) is 2.94. The minimum Gasteiger partial charge on any atom is -0.312 e. The summed E-state index contributed by atoms with van der Waals surface area (Å²) in [6.45, 7) is 5.22. The van der Waals surface area contributed by atoms with E-state index < -0.39 is 0 Å². The number of aromatic nitrogens is 2. The first-order valence-electron chi connectivity index (χ1n) is 9.64. The van der Waals surface area contributed by atoms with Crippen LogP contribution in [0.25, 0.3) is 10.9 Å². The molecule has 28 heavy (non-hydrogen) atoms. The van der Waals surface area contributed by atoms with E-state index in [0.717, 1.165) is 22.1 Å². The summed E-state index contributed by atoms with van der Waals surface area (Å²) in [6, 6.07) is 13.4. The molecule has 0 saturated heterocycles. The first-order valence-corrected chi connectivity index (χ1v) is 10.4. The summed E-state index contributed by atoms with van der Waals surface area (Å²) in [5.74, 6) is 0.416. The maximum atomic E-state index is 13.2. The normalized spacial score (nSPS) is 16.0. The Hall–Kier alpha value is -2.47. The van der Waals surface area contributed by atoms with E-state index in [1.165, 1.54) is 0 Å². The molecule has 1 amide bonds. The monoisotopic (exact) mass is 439 g/mol. The van der Waals surface area contributed by atoms with Crippen molar-refractivity contribution in [3.8, 4) is 0 Å². The van der Waals surface area contributed by atoms with E-state index in [1.807, 2.05) is 48.2 Å². The van der Waals surface area contributed by atoms with Gasteiger partial charge in [-0.05, 0) is 49.2 Å². The first kappa shape index (κ1) is 18.9. The molecule has 2 heterocycles. The maximum Gasteiger partial charge on any atom is 0.261 e. The SMILES string of the molecule is CCCN1C(=O)[C@H](Cc2nc3ccccc3c(=O)n2CC)c2cc(Br)ccc21. The summed E-state index contributed by atoms with van der Waals surface area (Å²) in [4.78, 5) is 32.7. The van der Waals surface area contributed by atoms with E-state index in [1.54, 1.807) is 10.6 Å². The van der Waals surface area contributed by atoms with Gasteiger partial charge in [0.15, 0.2) is 0 Å². The van der Waals surface area contributed by atoms with Gasteiger partial charge in [0.05, 0.1) is 16.8 Å². The van der Waals surface area contributed by atoms with Gasteiger partial charge in [-0.25, -0.2) is 4.98 Å². The van der Waals surface area contributed by atoms with Crippen LogP contribution in [-0.2, 0) is 17.8 Å². The molecule has 144 valence electrons. The van der Waals surface area contributed by atoms with Crippen LogP contribution in [-0.4, -0.2) is 22.0 Å². The van der Waals surface area contributed by atoms with Gasteiger partial charge in [-0.3, -0.25) is 14.2 Å². The highest BCUT2D eigenvalue weighted by Gasteiger charge is 2.37. The summed E-state index contributed by atoms with van der Waals surface area (Å²) >= 11 is 3.53. The second kappa shape index (κ2) is 7.51. The highest BCUT2D eigenvalue weighted by molar-refractivity contribution is 9.10. The molecule has 1 aliphatic heterocycles. The number of para-hydroxylation sites is 1. The number of nitrogens with zero attached hydrogens (tertiary/aromatic N) is 3. The molecule has 0 bridgehead atoms. The molecule has 0 saturated carbocycles. The second-order valence-corrected chi connectivity index (χ2v) is 7.96. The van der Waals surface area contributed by atoms with Gasteiger partial charge in [-0.1, -0.05) is 35.0 Å². The van der Waals surface area contributed by atoms with Crippen molar-refractivity contribution in [2.24, 2.45) is 0 Å². The van der Waals surface area contributed by atoms with Crippen molar-refractivity contribution in [3.63, 3.8) is 0 Å². The highest BCUT2D eigenvalue weighted by Crippen LogP contribution is 2.40. The second-order valence-electron chi connectivity index (χ2n) is 7.04. The number of hydrogen-bond acceptors (Lipinski definition) is 3. The van der Waals surface area contributed by atoms with Gasteiger partial charge in [0, 0.05) is 29.7 Å². The number of amides is 1. The fourth-order valence-electron chi connectivity index (χ4n) is 4.02. The number of anilines is 1. The maximum absolute atomic E-state index is 13.2. The van der Waals surface area contributed by atoms with Crippen molar-refractivity contribution in [1.82, 2.24) is 9.55 Å². The Morgan fingerprint density at radius 2 is 1.89 bits per heavy atom. The van der Waals surface area contributed by atoms with Crippen molar-refractivity contribution in [2.75, 3.05) is 11.4 Å². The summed E-state index contributed by atoms with van der Waals surface area (Å²) in [5, 5.41) is 0.613. The van der Waals surface area contributed by atoms with Crippen LogP contribution in [0, 0.1) is 0 Å². The molecule has 0 fully saturated rings. The van der Waals surface area contributed by atoms with E-state index in [4.69, 9.17) is 4.98 Å². The largest absolute Gasteiger partial charge is 0.312 e. The fraction of sp³-hybridized carbons (Fsp3) is 0.318. The Bertz CT molecular complexity index is 1120. The third-order valence-corrected chi connectivity index (χ3v) is 5.80. The molecule has 0 aliphatic carbocycles. The molecule has 5 nitrogen and oxygen atoms in total. The van der Waals surface area contributed by atoms with Gasteiger partial charge in [0.2, 0.25) is 5.91 Å². The Kier molecular flexibility index (Phi) is 5.06.